The van der Waals surface area contributed by atoms with E-state index >= 15 is 0 Å². The van der Waals surface area contributed by atoms with Crippen molar-refractivity contribution in [3.63, 3.8) is 0 Å². The van der Waals surface area contributed by atoms with Gasteiger partial charge in [-0.1, -0.05) is 0 Å². The van der Waals surface area contributed by atoms with Crippen LogP contribution in [0.15, 0.2) is 29.5 Å². The van der Waals surface area contributed by atoms with E-state index < -0.39 is 12.0 Å². The number of carbonyl (C=O) groups excluding carboxylic acids is 1. The number of amides is 1. The molecule has 1 atom stereocenters. The molecule has 1 aromatic carbocycles. The highest BCUT2D eigenvalue weighted by Crippen LogP contribution is 2.29. The van der Waals surface area contributed by atoms with Gasteiger partial charge >= 0.3 is 5.97 Å². The fraction of sp³-hybridized carbons (Fsp3) is 0.267. The normalized spacial score (nSPS) is 19.8. The molecule has 0 saturated carbocycles. The van der Waals surface area contributed by atoms with Gasteiger partial charge in [0.25, 0.3) is 5.91 Å². The van der Waals surface area contributed by atoms with Crippen LogP contribution in [0.4, 0.5) is 5.69 Å². The predicted octanol–water partition coefficient (Wildman–Crippen LogP) is -1.25. The second kappa shape index (κ2) is 5.29. The third-order valence-corrected chi connectivity index (χ3v) is 4.39. The molecule has 1 saturated heterocycles. The van der Waals surface area contributed by atoms with Crippen LogP contribution in [0.25, 0.3) is 11.0 Å². The zero-order valence-electron chi connectivity index (χ0n) is 13.0. The summed E-state index contributed by atoms with van der Waals surface area (Å²) in [6.45, 7) is 1.02. The van der Waals surface area contributed by atoms with Crippen LogP contribution >= 0.6 is 0 Å². The van der Waals surface area contributed by atoms with Crippen molar-refractivity contribution in [2.45, 2.75) is 12.5 Å². The standard InChI is InChI=1S/C15H14BN5O3/c16-12-9(2-1-8-13(12)18-4-3-17-8)21-10(7-11(22)23)14(24)20-6-5-19-15(20)21/h1-4,10H,5-7,16H2,(H,22,23). The van der Waals surface area contributed by atoms with E-state index in [-0.39, 0.29) is 12.3 Å². The summed E-state index contributed by atoms with van der Waals surface area (Å²) in [5.74, 6) is -0.705. The molecule has 1 N–H and O–H groups in total. The van der Waals surface area contributed by atoms with Gasteiger partial charge in [0.05, 0.1) is 24.0 Å². The lowest BCUT2D eigenvalue weighted by molar-refractivity contribution is -0.140. The van der Waals surface area contributed by atoms with Crippen molar-refractivity contribution in [1.29, 1.82) is 0 Å². The van der Waals surface area contributed by atoms with Gasteiger partial charge < -0.3 is 5.11 Å². The maximum Gasteiger partial charge on any atom is 0.306 e. The van der Waals surface area contributed by atoms with E-state index in [4.69, 9.17) is 0 Å². The van der Waals surface area contributed by atoms with E-state index in [2.05, 4.69) is 15.0 Å². The van der Waals surface area contributed by atoms with Crippen molar-refractivity contribution in [1.82, 2.24) is 14.9 Å². The van der Waals surface area contributed by atoms with Crippen molar-refractivity contribution < 1.29 is 14.7 Å². The Morgan fingerprint density at radius 2 is 2.12 bits per heavy atom. The van der Waals surface area contributed by atoms with Gasteiger partial charge in [0.15, 0.2) is 0 Å². The number of aliphatic carboxylic acids is 1. The molecule has 8 nitrogen and oxygen atoms in total. The second-order valence-electron chi connectivity index (χ2n) is 5.79. The first-order chi connectivity index (χ1) is 11.6. The molecule has 0 bridgehead atoms. The SMILES string of the molecule is Bc1c(N2C3=NCCN3C(=O)C2CC(=O)O)ccc2nccnc12. The topological polar surface area (TPSA) is 99.0 Å². The van der Waals surface area contributed by atoms with Gasteiger partial charge in [-0.2, -0.15) is 0 Å². The molecule has 4 rings (SSSR count). The lowest BCUT2D eigenvalue weighted by Gasteiger charge is -2.25. The number of hydrogen-bond acceptors (Lipinski definition) is 6. The average molecular weight is 323 g/mol. The number of aliphatic imine (C=N–C) groups is 1. The van der Waals surface area contributed by atoms with Gasteiger partial charge in [-0.25, -0.2) is 0 Å². The Morgan fingerprint density at radius 1 is 1.33 bits per heavy atom. The van der Waals surface area contributed by atoms with Gasteiger partial charge in [0.1, 0.15) is 13.9 Å². The molecule has 9 heteroatoms. The minimum absolute atomic E-state index is 0.215. The van der Waals surface area contributed by atoms with E-state index in [0.717, 1.165) is 22.2 Å². The van der Waals surface area contributed by atoms with Crippen molar-refractivity contribution in [3.8, 4) is 0 Å². The summed E-state index contributed by atoms with van der Waals surface area (Å²) in [7, 11) is 1.90. The Morgan fingerprint density at radius 3 is 2.92 bits per heavy atom. The van der Waals surface area contributed by atoms with E-state index in [9.17, 15) is 14.7 Å². The number of carboxylic acid groups (broad SMARTS) is 1. The zero-order valence-corrected chi connectivity index (χ0v) is 13.0. The van der Waals surface area contributed by atoms with E-state index in [1.165, 1.54) is 0 Å². The Labute approximate surface area is 138 Å². The highest BCUT2D eigenvalue weighted by atomic mass is 16.4. The first-order valence-corrected chi connectivity index (χ1v) is 7.65. The third-order valence-electron chi connectivity index (χ3n) is 4.39. The molecule has 2 aliphatic heterocycles. The van der Waals surface area contributed by atoms with Gasteiger partial charge in [0.2, 0.25) is 5.96 Å². The van der Waals surface area contributed by atoms with Crippen molar-refractivity contribution in [2.75, 3.05) is 18.0 Å². The maximum absolute atomic E-state index is 12.6. The highest BCUT2D eigenvalue weighted by Gasteiger charge is 2.47. The number of hydrogen-bond donors (Lipinski definition) is 1. The van der Waals surface area contributed by atoms with Crippen molar-refractivity contribution in [3.05, 3.63) is 24.5 Å². The van der Waals surface area contributed by atoms with Crippen LogP contribution in [0.2, 0.25) is 0 Å². The molecule has 1 aromatic heterocycles. The van der Waals surface area contributed by atoms with Crippen LogP contribution in [0, 0.1) is 0 Å². The molecule has 24 heavy (non-hydrogen) atoms. The smallest absolute Gasteiger partial charge is 0.306 e. The van der Waals surface area contributed by atoms with Gasteiger partial charge in [-0.05, 0) is 17.6 Å². The molecular formula is C15H14BN5O3. The van der Waals surface area contributed by atoms with Crippen molar-refractivity contribution >= 4 is 47.9 Å². The minimum Gasteiger partial charge on any atom is -0.481 e. The highest BCUT2D eigenvalue weighted by molar-refractivity contribution is 6.42. The first-order valence-electron chi connectivity index (χ1n) is 7.65. The molecular weight excluding hydrogens is 309 g/mol. The number of anilines is 1. The number of benzene rings is 1. The van der Waals surface area contributed by atoms with E-state index in [0.29, 0.717) is 19.0 Å². The summed E-state index contributed by atoms with van der Waals surface area (Å²) in [5, 5.41) is 9.20. The average Bonchev–Trinajstić information content (AvgIpc) is 3.12. The molecule has 1 fully saturated rings. The summed E-state index contributed by atoms with van der Waals surface area (Å²) < 4.78 is 0. The summed E-state index contributed by atoms with van der Waals surface area (Å²) in [4.78, 5) is 40.2. The van der Waals surface area contributed by atoms with Gasteiger partial charge in [-0.15, -0.1) is 0 Å². The number of guanidine groups is 1. The summed E-state index contributed by atoms with van der Waals surface area (Å²) in [6.07, 6.45) is 2.96. The Balaban J connectivity index is 1.87. The maximum atomic E-state index is 12.6. The van der Waals surface area contributed by atoms with Crippen molar-refractivity contribution in [2.24, 2.45) is 4.99 Å². The molecule has 3 heterocycles. The lowest BCUT2D eigenvalue weighted by atomic mass is 9.91. The lowest BCUT2D eigenvalue weighted by Crippen LogP contribution is -2.40. The summed E-state index contributed by atoms with van der Waals surface area (Å²) in [6, 6.07) is 2.89. The fourth-order valence-corrected chi connectivity index (χ4v) is 3.32. The third kappa shape index (κ3) is 2.04. The Bertz CT molecular complexity index is 900. The minimum atomic E-state index is -1.02. The monoisotopic (exact) mass is 323 g/mol. The quantitative estimate of drug-likeness (QED) is 0.709. The number of aromatic nitrogens is 2. The van der Waals surface area contributed by atoms with Crippen LogP contribution in [0.3, 0.4) is 0 Å². The molecule has 2 aromatic rings. The van der Waals surface area contributed by atoms with Gasteiger partial charge in [0, 0.05) is 24.6 Å². The molecule has 0 radical (unpaired) electrons. The van der Waals surface area contributed by atoms with Crippen LogP contribution in [-0.2, 0) is 9.59 Å². The van der Waals surface area contributed by atoms with Crippen LogP contribution in [0.1, 0.15) is 6.42 Å². The van der Waals surface area contributed by atoms with Crippen LogP contribution < -0.4 is 10.4 Å². The predicted molar refractivity (Wildman–Crippen MR) is 90.3 cm³/mol. The van der Waals surface area contributed by atoms with Crippen LogP contribution in [0.5, 0.6) is 0 Å². The van der Waals surface area contributed by atoms with Crippen LogP contribution in [-0.4, -0.2) is 64.8 Å². The van der Waals surface area contributed by atoms with E-state index in [1.54, 1.807) is 22.2 Å². The van der Waals surface area contributed by atoms with E-state index in [1.807, 2.05) is 20.0 Å². The Hall–Kier alpha value is -2.97. The molecule has 0 aliphatic carbocycles. The number of carbonyl (C=O) groups is 2. The number of nitrogens with zero attached hydrogens (tertiary/aromatic N) is 5. The number of fused-ring (bicyclic) bond motifs is 2. The zero-order chi connectivity index (χ0) is 16.8. The summed E-state index contributed by atoms with van der Waals surface area (Å²) >= 11 is 0. The number of carboxylic acids is 1. The summed E-state index contributed by atoms with van der Waals surface area (Å²) in [5.41, 5.74) is 3.07. The molecule has 1 amide bonds. The second-order valence-corrected chi connectivity index (χ2v) is 5.79. The van der Waals surface area contributed by atoms with Gasteiger partial charge in [-0.3, -0.25) is 34.3 Å². The molecule has 2 aliphatic rings. The largest absolute Gasteiger partial charge is 0.481 e. The fourth-order valence-electron chi connectivity index (χ4n) is 3.32. The molecule has 120 valence electrons. The molecule has 1 unspecified atom stereocenters. The first kappa shape index (κ1) is 14.6. The Kier molecular flexibility index (Phi) is 3.22. The number of rotatable bonds is 3. The molecule has 0 spiro atoms.